The molecule has 0 aromatic heterocycles. The Kier molecular flexibility index (Phi) is 4.48. The molecule has 3 N–H and O–H groups in total. The van der Waals surface area contributed by atoms with Gasteiger partial charge in [-0.1, -0.05) is 36.6 Å². The molecule has 1 aliphatic carbocycles. The van der Waals surface area contributed by atoms with E-state index in [1.807, 2.05) is 12.1 Å². The number of rotatable bonds is 3. The third-order valence-electron chi connectivity index (χ3n) is 4.58. The standard InChI is InChI=1S/C16H22ClN3O/c17-13-9-11(16(18)19)5-6-12(13)10-20-7-8-21-15-4-2-1-3-14(15)20/h5-6,9,14-15H,1-4,7-8,10H2,(H3,18,19). The quantitative estimate of drug-likeness (QED) is 0.667. The van der Waals surface area contributed by atoms with Crippen molar-refractivity contribution in [2.24, 2.45) is 5.73 Å². The van der Waals surface area contributed by atoms with Crippen molar-refractivity contribution < 1.29 is 4.74 Å². The Morgan fingerprint density at radius 3 is 2.95 bits per heavy atom. The van der Waals surface area contributed by atoms with Gasteiger partial charge in [-0.05, 0) is 24.5 Å². The van der Waals surface area contributed by atoms with Crippen LogP contribution in [0, 0.1) is 5.41 Å². The van der Waals surface area contributed by atoms with E-state index in [2.05, 4.69) is 4.90 Å². The third-order valence-corrected chi connectivity index (χ3v) is 4.94. The van der Waals surface area contributed by atoms with Crippen LogP contribution in [-0.2, 0) is 11.3 Å². The van der Waals surface area contributed by atoms with Gasteiger partial charge in [-0.25, -0.2) is 0 Å². The van der Waals surface area contributed by atoms with Crippen molar-refractivity contribution in [3.05, 3.63) is 34.3 Å². The van der Waals surface area contributed by atoms with Crippen molar-refractivity contribution >= 4 is 17.4 Å². The molecule has 1 aromatic rings. The lowest BCUT2D eigenvalue weighted by atomic mass is 9.90. The Morgan fingerprint density at radius 1 is 1.38 bits per heavy atom. The molecule has 2 aliphatic rings. The molecule has 3 rings (SSSR count). The first kappa shape index (κ1) is 14.8. The summed E-state index contributed by atoms with van der Waals surface area (Å²) in [7, 11) is 0. The molecule has 21 heavy (non-hydrogen) atoms. The first-order chi connectivity index (χ1) is 10.1. The summed E-state index contributed by atoms with van der Waals surface area (Å²) in [5.41, 5.74) is 7.29. The summed E-state index contributed by atoms with van der Waals surface area (Å²) in [6.45, 7) is 2.62. The smallest absolute Gasteiger partial charge is 0.122 e. The van der Waals surface area contributed by atoms with Crippen LogP contribution in [0.25, 0.3) is 0 Å². The van der Waals surface area contributed by atoms with Crippen molar-refractivity contribution in [3.8, 4) is 0 Å². The number of hydrogen-bond donors (Lipinski definition) is 2. The molecule has 0 radical (unpaired) electrons. The number of nitrogens with zero attached hydrogens (tertiary/aromatic N) is 1. The largest absolute Gasteiger partial charge is 0.384 e. The number of amidine groups is 1. The van der Waals surface area contributed by atoms with Crippen molar-refractivity contribution in [3.63, 3.8) is 0 Å². The first-order valence-electron chi connectivity index (χ1n) is 7.63. The Hall–Kier alpha value is -1.10. The zero-order valence-corrected chi connectivity index (χ0v) is 12.9. The van der Waals surface area contributed by atoms with Gasteiger partial charge in [0.25, 0.3) is 0 Å². The molecule has 0 amide bonds. The predicted molar refractivity (Wildman–Crippen MR) is 84.9 cm³/mol. The lowest BCUT2D eigenvalue weighted by Crippen LogP contribution is -2.52. The number of hydrogen-bond acceptors (Lipinski definition) is 3. The molecule has 2 atom stereocenters. The van der Waals surface area contributed by atoms with Crippen LogP contribution in [0.4, 0.5) is 0 Å². The first-order valence-corrected chi connectivity index (χ1v) is 8.01. The van der Waals surface area contributed by atoms with Gasteiger partial charge >= 0.3 is 0 Å². The number of nitrogens with two attached hydrogens (primary N) is 1. The van der Waals surface area contributed by atoms with E-state index in [9.17, 15) is 0 Å². The fourth-order valence-corrected chi connectivity index (χ4v) is 3.68. The molecule has 2 unspecified atom stereocenters. The van der Waals surface area contributed by atoms with Crippen molar-refractivity contribution in [2.75, 3.05) is 13.2 Å². The Labute approximate surface area is 130 Å². The van der Waals surface area contributed by atoms with E-state index in [-0.39, 0.29) is 5.84 Å². The van der Waals surface area contributed by atoms with Crippen molar-refractivity contribution in [2.45, 2.75) is 44.4 Å². The highest BCUT2D eigenvalue weighted by Crippen LogP contribution is 2.30. The molecule has 2 fully saturated rings. The van der Waals surface area contributed by atoms with E-state index in [0.717, 1.165) is 25.3 Å². The lowest BCUT2D eigenvalue weighted by Gasteiger charge is -2.44. The minimum atomic E-state index is 0.0576. The van der Waals surface area contributed by atoms with Crippen LogP contribution in [-0.4, -0.2) is 36.0 Å². The molecule has 114 valence electrons. The van der Waals surface area contributed by atoms with E-state index >= 15 is 0 Å². The molecule has 4 nitrogen and oxygen atoms in total. The van der Waals surface area contributed by atoms with Crippen LogP contribution in [0.3, 0.4) is 0 Å². The number of fused-ring (bicyclic) bond motifs is 1. The number of halogens is 1. The summed E-state index contributed by atoms with van der Waals surface area (Å²) in [4.78, 5) is 2.50. The van der Waals surface area contributed by atoms with Gasteiger partial charge in [0.15, 0.2) is 0 Å². The SMILES string of the molecule is N=C(N)c1ccc(CN2CCOC3CCCCC32)c(Cl)c1. The average molecular weight is 308 g/mol. The molecule has 0 spiro atoms. The highest BCUT2D eigenvalue weighted by atomic mass is 35.5. The molecule has 1 heterocycles. The monoisotopic (exact) mass is 307 g/mol. The highest BCUT2D eigenvalue weighted by molar-refractivity contribution is 6.31. The van der Waals surface area contributed by atoms with E-state index in [4.69, 9.17) is 27.5 Å². The molecule has 0 bridgehead atoms. The van der Waals surface area contributed by atoms with Crippen LogP contribution < -0.4 is 5.73 Å². The Balaban J connectivity index is 1.74. The molecule has 1 saturated heterocycles. The molecule has 1 saturated carbocycles. The summed E-state index contributed by atoms with van der Waals surface area (Å²) in [6.07, 6.45) is 5.36. The minimum absolute atomic E-state index is 0.0576. The second-order valence-electron chi connectivity index (χ2n) is 5.95. The Morgan fingerprint density at radius 2 is 2.19 bits per heavy atom. The van der Waals surface area contributed by atoms with Gasteiger partial charge in [-0.15, -0.1) is 0 Å². The van der Waals surface area contributed by atoms with Gasteiger partial charge in [-0.3, -0.25) is 10.3 Å². The summed E-state index contributed by atoms with van der Waals surface area (Å²) < 4.78 is 5.91. The van der Waals surface area contributed by atoms with Crippen molar-refractivity contribution in [1.82, 2.24) is 4.90 Å². The average Bonchev–Trinajstić information content (AvgIpc) is 2.49. The summed E-state index contributed by atoms with van der Waals surface area (Å²) in [6, 6.07) is 6.18. The van der Waals surface area contributed by atoms with Gasteiger partial charge in [0, 0.05) is 29.7 Å². The summed E-state index contributed by atoms with van der Waals surface area (Å²) in [5.74, 6) is 0.0576. The predicted octanol–water partition coefficient (Wildman–Crippen LogP) is 2.77. The van der Waals surface area contributed by atoms with Crippen LogP contribution in [0.2, 0.25) is 5.02 Å². The molecular weight excluding hydrogens is 286 g/mol. The van der Waals surface area contributed by atoms with Crippen molar-refractivity contribution in [1.29, 1.82) is 5.41 Å². The topological polar surface area (TPSA) is 62.3 Å². The van der Waals surface area contributed by atoms with E-state index in [1.54, 1.807) is 6.07 Å². The summed E-state index contributed by atoms with van der Waals surface area (Å²) >= 11 is 6.36. The van der Waals surface area contributed by atoms with Crippen LogP contribution >= 0.6 is 11.6 Å². The minimum Gasteiger partial charge on any atom is -0.384 e. The fraction of sp³-hybridized carbons (Fsp3) is 0.562. The van der Waals surface area contributed by atoms with Gasteiger partial charge < -0.3 is 10.5 Å². The lowest BCUT2D eigenvalue weighted by molar-refractivity contribution is -0.0911. The normalized spacial score (nSPS) is 26.3. The van der Waals surface area contributed by atoms with Gasteiger partial charge in [0.1, 0.15) is 5.84 Å². The number of ether oxygens (including phenoxy) is 1. The van der Waals surface area contributed by atoms with Crippen LogP contribution in [0.1, 0.15) is 36.8 Å². The molecular formula is C16H22ClN3O. The Bertz CT molecular complexity index is 532. The van der Waals surface area contributed by atoms with Gasteiger partial charge in [0.05, 0.1) is 12.7 Å². The maximum Gasteiger partial charge on any atom is 0.122 e. The second-order valence-corrected chi connectivity index (χ2v) is 6.36. The molecule has 1 aromatic carbocycles. The van der Waals surface area contributed by atoms with E-state index in [0.29, 0.717) is 22.7 Å². The maximum atomic E-state index is 7.47. The van der Waals surface area contributed by atoms with Crippen LogP contribution in [0.5, 0.6) is 0 Å². The molecule has 5 heteroatoms. The third kappa shape index (κ3) is 3.23. The fourth-order valence-electron chi connectivity index (χ4n) is 3.43. The second kappa shape index (κ2) is 6.34. The maximum absolute atomic E-state index is 7.47. The van der Waals surface area contributed by atoms with E-state index < -0.39 is 0 Å². The zero-order chi connectivity index (χ0) is 14.8. The number of benzene rings is 1. The highest BCUT2D eigenvalue weighted by Gasteiger charge is 2.34. The number of nitrogens with one attached hydrogen (secondary N) is 1. The van der Waals surface area contributed by atoms with Gasteiger partial charge in [0.2, 0.25) is 0 Å². The van der Waals surface area contributed by atoms with Crippen LogP contribution in [0.15, 0.2) is 18.2 Å². The zero-order valence-electron chi connectivity index (χ0n) is 12.1. The van der Waals surface area contributed by atoms with E-state index in [1.165, 1.54) is 25.7 Å². The summed E-state index contributed by atoms with van der Waals surface area (Å²) in [5, 5.41) is 8.16. The van der Waals surface area contributed by atoms with Gasteiger partial charge in [-0.2, -0.15) is 0 Å². The number of nitrogen functional groups attached to an aromatic ring is 1. The molecule has 1 aliphatic heterocycles. The number of morpholine rings is 1.